The van der Waals surface area contributed by atoms with Gasteiger partial charge in [0.25, 0.3) is 6.02 Å². The maximum Gasteiger partial charge on any atom is 0.337 e. The first kappa shape index (κ1) is 17.0. The zero-order valence-electron chi connectivity index (χ0n) is 13.3. The SMILES string of the molecule is COC(=O)c1ccc(COC(=NC(C)C)NC(C)C)cc1. The number of carbonyl (C=O) groups is 1. The molecule has 0 aliphatic heterocycles. The topological polar surface area (TPSA) is 59.9 Å². The number of ether oxygens (including phenoxy) is 2. The van der Waals surface area contributed by atoms with Crippen LogP contribution in [0, 0.1) is 0 Å². The van der Waals surface area contributed by atoms with Crippen molar-refractivity contribution in [1.82, 2.24) is 5.32 Å². The molecule has 0 amide bonds. The zero-order chi connectivity index (χ0) is 15.8. The molecule has 0 radical (unpaired) electrons. The molecular formula is C16H24N2O3. The molecule has 0 spiro atoms. The summed E-state index contributed by atoms with van der Waals surface area (Å²) < 4.78 is 10.4. The Hall–Kier alpha value is -2.04. The summed E-state index contributed by atoms with van der Waals surface area (Å²) in [5.74, 6) is -0.342. The molecule has 1 aromatic carbocycles. The molecule has 0 aliphatic rings. The maximum atomic E-state index is 11.4. The Morgan fingerprint density at radius 3 is 2.29 bits per heavy atom. The van der Waals surface area contributed by atoms with Crippen molar-refractivity contribution < 1.29 is 14.3 Å². The second-order valence-corrected chi connectivity index (χ2v) is 5.30. The van der Waals surface area contributed by atoms with Crippen molar-refractivity contribution in [3.05, 3.63) is 35.4 Å². The maximum absolute atomic E-state index is 11.4. The minimum absolute atomic E-state index is 0.160. The fourth-order valence-corrected chi connectivity index (χ4v) is 1.60. The third kappa shape index (κ3) is 6.29. The largest absolute Gasteiger partial charge is 0.465 e. The molecule has 116 valence electrons. The van der Waals surface area contributed by atoms with Crippen LogP contribution in [0.25, 0.3) is 0 Å². The highest BCUT2D eigenvalue weighted by Crippen LogP contribution is 2.07. The van der Waals surface area contributed by atoms with Gasteiger partial charge in [0.15, 0.2) is 0 Å². The van der Waals surface area contributed by atoms with Crippen LogP contribution in [-0.4, -0.2) is 31.2 Å². The van der Waals surface area contributed by atoms with E-state index in [1.165, 1.54) is 7.11 Å². The third-order valence-corrected chi connectivity index (χ3v) is 2.54. The average Bonchev–Trinajstić information content (AvgIpc) is 2.43. The molecule has 0 aliphatic carbocycles. The second-order valence-electron chi connectivity index (χ2n) is 5.30. The van der Waals surface area contributed by atoms with E-state index in [1.807, 2.05) is 39.8 Å². The van der Waals surface area contributed by atoms with Crippen LogP contribution in [0.1, 0.15) is 43.6 Å². The number of rotatable bonds is 5. The number of methoxy groups -OCH3 is 1. The van der Waals surface area contributed by atoms with Crippen LogP contribution in [0.4, 0.5) is 0 Å². The van der Waals surface area contributed by atoms with E-state index in [0.717, 1.165) is 5.56 Å². The highest BCUT2D eigenvalue weighted by molar-refractivity contribution is 5.89. The normalized spacial score (nSPS) is 11.7. The van der Waals surface area contributed by atoms with Crippen LogP contribution in [0.3, 0.4) is 0 Å². The van der Waals surface area contributed by atoms with Crippen molar-refractivity contribution in [2.75, 3.05) is 7.11 Å². The summed E-state index contributed by atoms with van der Waals surface area (Å²) in [6.07, 6.45) is 0. The van der Waals surface area contributed by atoms with Crippen LogP contribution >= 0.6 is 0 Å². The number of amidine groups is 1. The van der Waals surface area contributed by atoms with Gasteiger partial charge in [-0.2, -0.15) is 0 Å². The summed E-state index contributed by atoms with van der Waals surface area (Å²) >= 11 is 0. The van der Waals surface area contributed by atoms with E-state index in [1.54, 1.807) is 12.1 Å². The lowest BCUT2D eigenvalue weighted by Crippen LogP contribution is -2.33. The number of aliphatic imine (C=N–C) groups is 1. The van der Waals surface area contributed by atoms with Gasteiger partial charge in [0.1, 0.15) is 6.61 Å². The summed E-state index contributed by atoms with van der Waals surface area (Å²) in [6.45, 7) is 8.45. The Balaban J connectivity index is 2.65. The van der Waals surface area contributed by atoms with Crippen molar-refractivity contribution >= 4 is 12.0 Å². The Labute approximate surface area is 126 Å². The number of benzene rings is 1. The van der Waals surface area contributed by atoms with Gasteiger partial charge < -0.3 is 14.8 Å². The first-order valence-corrected chi connectivity index (χ1v) is 7.06. The highest BCUT2D eigenvalue weighted by atomic mass is 16.5. The Bertz CT molecular complexity index is 479. The van der Waals surface area contributed by atoms with Crippen LogP contribution < -0.4 is 5.32 Å². The predicted octanol–water partition coefficient (Wildman–Crippen LogP) is 2.75. The van der Waals surface area contributed by atoms with E-state index >= 15 is 0 Å². The molecule has 0 fully saturated rings. The van der Waals surface area contributed by atoms with Gasteiger partial charge >= 0.3 is 5.97 Å². The summed E-state index contributed by atoms with van der Waals surface area (Å²) in [5.41, 5.74) is 1.49. The van der Waals surface area contributed by atoms with E-state index in [0.29, 0.717) is 18.2 Å². The summed E-state index contributed by atoms with van der Waals surface area (Å²) in [7, 11) is 1.37. The standard InChI is InChI=1S/C16H24N2O3/c1-11(2)17-16(18-12(3)4)21-10-13-6-8-14(9-7-13)15(19)20-5/h6-9,11-12H,10H2,1-5H3,(H,17,18). The smallest absolute Gasteiger partial charge is 0.337 e. The van der Waals surface area contributed by atoms with Gasteiger partial charge in [0.2, 0.25) is 0 Å². The van der Waals surface area contributed by atoms with Gasteiger partial charge in [-0.3, -0.25) is 0 Å². The average molecular weight is 292 g/mol. The van der Waals surface area contributed by atoms with Gasteiger partial charge in [-0.05, 0) is 45.4 Å². The van der Waals surface area contributed by atoms with E-state index in [2.05, 4.69) is 15.0 Å². The van der Waals surface area contributed by atoms with Crippen LogP contribution in [0.15, 0.2) is 29.3 Å². The lowest BCUT2D eigenvalue weighted by molar-refractivity contribution is 0.0600. The molecule has 1 N–H and O–H groups in total. The third-order valence-electron chi connectivity index (χ3n) is 2.54. The molecule has 0 aromatic heterocycles. The second kappa shape index (κ2) is 8.29. The Morgan fingerprint density at radius 1 is 1.19 bits per heavy atom. The van der Waals surface area contributed by atoms with Crippen molar-refractivity contribution in [2.24, 2.45) is 4.99 Å². The molecule has 0 unspecified atom stereocenters. The predicted molar refractivity (Wildman–Crippen MR) is 83.4 cm³/mol. The number of nitrogens with zero attached hydrogens (tertiary/aromatic N) is 1. The minimum Gasteiger partial charge on any atom is -0.465 e. The molecule has 0 saturated carbocycles. The Kier molecular flexibility index (Phi) is 6.72. The molecule has 5 nitrogen and oxygen atoms in total. The Morgan fingerprint density at radius 2 is 1.81 bits per heavy atom. The van der Waals surface area contributed by atoms with Gasteiger partial charge in [-0.1, -0.05) is 12.1 Å². The van der Waals surface area contributed by atoms with Crippen LogP contribution in [0.5, 0.6) is 0 Å². The van der Waals surface area contributed by atoms with Crippen molar-refractivity contribution in [2.45, 2.75) is 46.4 Å². The molecule has 1 rings (SSSR count). The molecule has 0 bridgehead atoms. The van der Waals surface area contributed by atoms with Crippen molar-refractivity contribution in [1.29, 1.82) is 0 Å². The van der Waals surface area contributed by atoms with Gasteiger partial charge in [0.05, 0.1) is 12.7 Å². The fraction of sp³-hybridized carbons (Fsp3) is 0.500. The molecule has 21 heavy (non-hydrogen) atoms. The number of nitrogens with one attached hydrogen (secondary N) is 1. The molecular weight excluding hydrogens is 268 g/mol. The first-order chi connectivity index (χ1) is 9.92. The zero-order valence-corrected chi connectivity index (χ0v) is 13.3. The number of hydrogen-bond acceptors (Lipinski definition) is 4. The summed E-state index contributed by atoms with van der Waals surface area (Å²) in [6, 6.07) is 8.08. The number of carbonyl (C=O) groups excluding carboxylic acids is 1. The van der Waals surface area contributed by atoms with Crippen LogP contribution in [-0.2, 0) is 16.1 Å². The molecule has 5 heteroatoms. The van der Waals surface area contributed by atoms with Crippen molar-refractivity contribution in [3.8, 4) is 0 Å². The number of esters is 1. The van der Waals surface area contributed by atoms with E-state index < -0.39 is 0 Å². The minimum atomic E-state index is -0.342. The van der Waals surface area contributed by atoms with Crippen LogP contribution in [0.2, 0.25) is 0 Å². The fourth-order valence-electron chi connectivity index (χ4n) is 1.60. The molecule has 0 atom stereocenters. The molecule has 0 heterocycles. The quantitative estimate of drug-likeness (QED) is 0.515. The lowest BCUT2D eigenvalue weighted by atomic mass is 10.1. The van der Waals surface area contributed by atoms with Gasteiger partial charge in [0, 0.05) is 12.1 Å². The van der Waals surface area contributed by atoms with E-state index in [9.17, 15) is 4.79 Å². The number of hydrogen-bond donors (Lipinski definition) is 1. The lowest BCUT2D eigenvalue weighted by Gasteiger charge is -2.15. The highest BCUT2D eigenvalue weighted by Gasteiger charge is 2.07. The van der Waals surface area contributed by atoms with Crippen molar-refractivity contribution in [3.63, 3.8) is 0 Å². The van der Waals surface area contributed by atoms with E-state index in [-0.39, 0.29) is 18.1 Å². The molecule has 0 saturated heterocycles. The first-order valence-electron chi connectivity index (χ1n) is 7.06. The monoisotopic (exact) mass is 292 g/mol. The summed E-state index contributed by atoms with van der Waals surface area (Å²) in [5, 5.41) is 3.17. The van der Waals surface area contributed by atoms with Gasteiger partial charge in [-0.15, -0.1) is 0 Å². The summed E-state index contributed by atoms with van der Waals surface area (Å²) in [4.78, 5) is 15.8. The van der Waals surface area contributed by atoms with Gasteiger partial charge in [-0.25, -0.2) is 9.79 Å². The molecule has 1 aromatic rings. The van der Waals surface area contributed by atoms with E-state index in [4.69, 9.17) is 4.74 Å².